The molecule has 1 aromatic rings. The zero-order valence-electron chi connectivity index (χ0n) is 4.63. The zero-order chi connectivity index (χ0) is 6.69. The molecule has 0 aromatic carbocycles. The lowest BCUT2D eigenvalue weighted by Crippen LogP contribution is -1.84. The fourth-order valence-electron chi connectivity index (χ4n) is 0.489. The molecule has 0 N–H and O–H groups in total. The molecule has 44 valence electrons. The van der Waals surface area contributed by atoms with Crippen LogP contribution < -0.4 is 0 Å². The molecule has 1 rings (SSSR count). The Balaban J connectivity index is 3.12. The highest BCUT2D eigenvalue weighted by atomic mass is 19.1. The molecule has 9 heavy (non-hydrogen) atoms. The number of rotatable bonds is 0. The smallest absolute Gasteiger partial charge is 0.211 e. The molecule has 2 heteroatoms. The zero-order valence-corrected chi connectivity index (χ0v) is 4.63. The quantitative estimate of drug-likeness (QED) is 0.371. The van der Waals surface area contributed by atoms with E-state index >= 15 is 0 Å². The van der Waals surface area contributed by atoms with Gasteiger partial charge in [0.15, 0.2) is 0 Å². The first-order chi connectivity index (χ1) is 4.33. The summed E-state index contributed by atoms with van der Waals surface area (Å²) in [5.74, 6) is 1.68. The van der Waals surface area contributed by atoms with Crippen molar-refractivity contribution in [1.29, 1.82) is 0 Å². The van der Waals surface area contributed by atoms with Crippen LogP contribution >= 0.6 is 0 Å². The molecule has 0 unspecified atom stereocenters. The number of aromatic nitrogens is 1. The first-order valence-electron chi connectivity index (χ1n) is 2.42. The lowest BCUT2D eigenvalue weighted by atomic mass is 10.4. The van der Waals surface area contributed by atoms with E-state index in [1.54, 1.807) is 6.07 Å². The van der Waals surface area contributed by atoms with Crippen molar-refractivity contribution in [2.75, 3.05) is 0 Å². The summed E-state index contributed by atoms with van der Waals surface area (Å²) in [4.78, 5) is 3.39. The monoisotopic (exact) mass is 121 g/mol. The molecule has 0 radical (unpaired) electrons. The van der Waals surface area contributed by atoms with E-state index in [0.717, 1.165) is 0 Å². The molecule has 0 aliphatic carbocycles. The van der Waals surface area contributed by atoms with Crippen molar-refractivity contribution < 1.29 is 4.39 Å². The van der Waals surface area contributed by atoms with Gasteiger partial charge in [0.05, 0.1) is 0 Å². The van der Waals surface area contributed by atoms with Crippen LogP contribution in [0.2, 0.25) is 0 Å². The van der Waals surface area contributed by atoms with Crippen LogP contribution in [0.3, 0.4) is 0 Å². The molecule has 0 aliphatic rings. The first-order valence-corrected chi connectivity index (χ1v) is 2.42. The van der Waals surface area contributed by atoms with Gasteiger partial charge in [-0.2, -0.15) is 4.39 Å². The van der Waals surface area contributed by atoms with Gasteiger partial charge in [-0.05, 0) is 12.1 Å². The van der Waals surface area contributed by atoms with Crippen molar-refractivity contribution in [2.45, 2.75) is 0 Å². The predicted octanol–water partition coefficient (Wildman–Crippen LogP) is 1.20. The molecule has 0 bridgehead atoms. The Kier molecular flexibility index (Phi) is 1.46. The van der Waals surface area contributed by atoms with E-state index in [-0.39, 0.29) is 0 Å². The van der Waals surface area contributed by atoms with Crippen molar-refractivity contribution >= 4 is 0 Å². The molecule has 1 nitrogen and oxygen atoms in total. The molecular formula is C7H4FN. The van der Waals surface area contributed by atoms with Gasteiger partial charge in [0.25, 0.3) is 0 Å². The van der Waals surface area contributed by atoms with Crippen molar-refractivity contribution in [2.24, 2.45) is 0 Å². The van der Waals surface area contributed by atoms with E-state index in [9.17, 15) is 4.39 Å². The largest absolute Gasteiger partial charge is 0.214 e. The van der Waals surface area contributed by atoms with Crippen molar-refractivity contribution in [3.63, 3.8) is 0 Å². The van der Waals surface area contributed by atoms with E-state index < -0.39 is 5.95 Å². The van der Waals surface area contributed by atoms with Gasteiger partial charge in [0.1, 0.15) is 5.69 Å². The highest BCUT2D eigenvalue weighted by Gasteiger charge is 1.88. The molecule has 0 saturated carbocycles. The van der Waals surface area contributed by atoms with Gasteiger partial charge >= 0.3 is 0 Å². The number of terminal acetylenes is 1. The second-order valence-electron chi connectivity index (χ2n) is 1.49. The Morgan fingerprint density at radius 1 is 1.56 bits per heavy atom. The number of halogens is 1. The van der Waals surface area contributed by atoms with E-state index in [0.29, 0.717) is 5.69 Å². The van der Waals surface area contributed by atoms with E-state index in [2.05, 4.69) is 10.9 Å². The Morgan fingerprint density at radius 3 is 2.78 bits per heavy atom. The topological polar surface area (TPSA) is 12.9 Å². The minimum Gasteiger partial charge on any atom is -0.211 e. The van der Waals surface area contributed by atoms with E-state index in [1.807, 2.05) is 0 Å². The van der Waals surface area contributed by atoms with Crippen LogP contribution in [-0.4, -0.2) is 4.98 Å². The van der Waals surface area contributed by atoms with Crippen molar-refractivity contribution in [3.05, 3.63) is 29.8 Å². The number of pyridine rings is 1. The van der Waals surface area contributed by atoms with Gasteiger partial charge < -0.3 is 0 Å². The van der Waals surface area contributed by atoms with Gasteiger partial charge in [0.2, 0.25) is 5.95 Å². The summed E-state index contributed by atoms with van der Waals surface area (Å²) in [5, 5.41) is 0. The van der Waals surface area contributed by atoms with Gasteiger partial charge in [-0.3, -0.25) is 0 Å². The summed E-state index contributed by atoms with van der Waals surface area (Å²) in [6.45, 7) is 0. The molecule has 1 heterocycles. The van der Waals surface area contributed by atoms with Crippen LogP contribution in [0.15, 0.2) is 18.2 Å². The summed E-state index contributed by atoms with van der Waals surface area (Å²) in [7, 11) is 0. The third-order valence-corrected chi connectivity index (χ3v) is 0.863. The van der Waals surface area contributed by atoms with Crippen LogP contribution in [0.1, 0.15) is 5.69 Å². The lowest BCUT2D eigenvalue weighted by molar-refractivity contribution is 0.582. The van der Waals surface area contributed by atoms with E-state index in [1.165, 1.54) is 12.1 Å². The van der Waals surface area contributed by atoms with Crippen LogP contribution in [-0.2, 0) is 0 Å². The second kappa shape index (κ2) is 2.27. The lowest BCUT2D eigenvalue weighted by Gasteiger charge is -1.86. The van der Waals surface area contributed by atoms with Gasteiger partial charge in [-0.25, -0.2) is 4.98 Å². The summed E-state index contributed by atoms with van der Waals surface area (Å²) < 4.78 is 12.1. The fourth-order valence-corrected chi connectivity index (χ4v) is 0.489. The Hall–Kier alpha value is -1.36. The normalized spacial score (nSPS) is 8.44. The molecule has 0 spiro atoms. The Bertz CT molecular complexity index is 249. The molecule has 0 saturated heterocycles. The number of hydrogen-bond donors (Lipinski definition) is 0. The summed E-state index contributed by atoms with van der Waals surface area (Å²) in [5.41, 5.74) is 0.329. The van der Waals surface area contributed by atoms with Crippen molar-refractivity contribution in [3.8, 4) is 12.3 Å². The SMILES string of the molecule is C#Cc1cccc(F)n1. The summed E-state index contributed by atoms with van der Waals surface area (Å²) >= 11 is 0. The summed E-state index contributed by atoms with van der Waals surface area (Å²) in [6, 6.07) is 4.35. The molecule has 0 fully saturated rings. The minimum atomic E-state index is -0.537. The molecular weight excluding hydrogens is 117 g/mol. The van der Waals surface area contributed by atoms with Gasteiger partial charge in [-0.15, -0.1) is 6.42 Å². The minimum absolute atomic E-state index is 0.329. The number of hydrogen-bond acceptors (Lipinski definition) is 1. The van der Waals surface area contributed by atoms with Crippen LogP contribution in [0.4, 0.5) is 4.39 Å². The standard InChI is InChI=1S/C7H4FN/c1-2-6-4-3-5-7(8)9-6/h1,3-5H. The Morgan fingerprint density at radius 2 is 2.33 bits per heavy atom. The summed E-state index contributed by atoms with van der Waals surface area (Å²) in [6.07, 6.45) is 4.94. The maximum Gasteiger partial charge on any atom is 0.214 e. The molecule has 0 atom stereocenters. The van der Waals surface area contributed by atoms with E-state index in [4.69, 9.17) is 6.42 Å². The van der Waals surface area contributed by atoms with Crippen molar-refractivity contribution in [1.82, 2.24) is 4.98 Å². The highest BCUT2D eigenvalue weighted by molar-refractivity contribution is 5.23. The Labute approximate surface area is 52.5 Å². The fraction of sp³-hybridized carbons (Fsp3) is 0. The highest BCUT2D eigenvalue weighted by Crippen LogP contribution is 1.94. The maximum absolute atomic E-state index is 12.1. The maximum atomic E-state index is 12.1. The van der Waals surface area contributed by atoms with Crippen LogP contribution in [0, 0.1) is 18.3 Å². The average molecular weight is 121 g/mol. The average Bonchev–Trinajstić information content (AvgIpc) is 1.88. The third kappa shape index (κ3) is 1.26. The molecule has 0 aliphatic heterocycles. The third-order valence-electron chi connectivity index (χ3n) is 0.863. The van der Waals surface area contributed by atoms with Gasteiger partial charge in [-0.1, -0.05) is 12.0 Å². The molecule has 1 aromatic heterocycles. The number of nitrogens with zero attached hydrogens (tertiary/aromatic N) is 1. The van der Waals surface area contributed by atoms with Crippen LogP contribution in [0.5, 0.6) is 0 Å². The first kappa shape index (κ1) is 5.77. The van der Waals surface area contributed by atoms with Crippen LogP contribution in [0.25, 0.3) is 0 Å². The molecule has 0 amide bonds. The predicted molar refractivity (Wildman–Crippen MR) is 32.1 cm³/mol. The van der Waals surface area contributed by atoms with Gasteiger partial charge in [0, 0.05) is 0 Å². The second-order valence-corrected chi connectivity index (χ2v) is 1.49.